The molecule has 2 rings (SSSR count). The lowest BCUT2D eigenvalue weighted by atomic mass is 10.1. The minimum absolute atomic E-state index is 0.124. The van der Waals surface area contributed by atoms with Crippen LogP contribution < -0.4 is 4.74 Å². The number of benzene rings is 1. The molecule has 18 heavy (non-hydrogen) atoms. The molecule has 0 saturated carbocycles. The van der Waals surface area contributed by atoms with Gasteiger partial charge in [0.15, 0.2) is 5.75 Å². The van der Waals surface area contributed by atoms with Crippen LogP contribution in [-0.4, -0.2) is 21.8 Å². The molecular weight excluding hydrogens is 258 g/mol. The number of aromatic nitrogens is 2. The zero-order chi connectivity index (χ0) is 13.3. The van der Waals surface area contributed by atoms with E-state index in [1.807, 2.05) is 0 Å². The fraction of sp³-hybridized carbons (Fsp3) is 0.182. The SMILES string of the molecule is COc1cc(Cl)c(-c2cnn(C)c2)cc1[N+](=O)[O-]. The lowest BCUT2D eigenvalue weighted by Crippen LogP contribution is -1.94. The van der Waals surface area contributed by atoms with Gasteiger partial charge in [-0.1, -0.05) is 11.6 Å². The first-order valence-electron chi connectivity index (χ1n) is 5.04. The second-order valence-electron chi connectivity index (χ2n) is 3.66. The number of rotatable bonds is 3. The third-order valence-corrected chi connectivity index (χ3v) is 2.79. The highest BCUT2D eigenvalue weighted by Crippen LogP contribution is 2.37. The second-order valence-corrected chi connectivity index (χ2v) is 4.07. The summed E-state index contributed by atoms with van der Waals surface area (Å²) in [6.45, 7) is 0. The molecule has 2 aromatic rings. The smallest absolute Gasteiger partial charge is 0.311 e. The maximum absolute atomic E-state index is 10.9. The molecule has 0 fully saturated rings. The second kappa shape index (κ2) is 4.66. The maximum atomic E-state index is 10.9. The molecule has 1 aromatic heterocycles. The molecule has 0 aliphatic carbocycles. The normalized spacial score (nSPS) is 10.4. The van der Waals surface area contributed by atoms with Crippen molar-refractivity contribution in [3.63, 3.8) is 0 Å². The van der Waals surface area contributed by atoms with Crippen molar-refractivity contribution in [1.29, 1.82) is 0 Å². The minimum atomic E-state index is -0.505. The zero-order valence-corrected chi connectivity index (χ0v) is 10.5. The van der Waals surface area contributed by atoms with Crippen LogP contribution in [0.2, 0.25) is 5.02 Å². The Hall–Kier alpha value is -2.08. The predicted molar refractivity (Wildman–Crippen MR) is 66.9 cm³/mol. The minimum Gasteiger partial charge on any atom is -0.490 e. The molecular formula is C11H10ClN3O3. The van der Waals surface area contributed by atoms with Gasteiger partial charge in [0.1, 0.15) is 0 Å². The Labute approximate surface area is 108 Å². The molecule has 0 unspecified atom stereocenters. The average molecular weight is 268 g/mol. The molecule has 0 atom stereocenters. The number of halogens is 1. The largest absolute Gasteiger partial charge is 0.490 e. The van der Waals surface area contributed by atoms with Gasteiger partial charge in [0.25, 0.3) is 0 Å². The van der Waals surface area contributed by atoms with E-state index < -0.39 is 4.92 Å². The van der Waals surface area contributed by atoms with Crippen LogP contribution in [0.5, 0.6) is 5.75 Å². The van der Waals surface area contributed by atoms with Crippen LogP contribution in [-0.2, 0) is 7.05 Å². The highest BCUT2D eigenvalue weighted by Gasteiger charge is 2.19. The molecule has 0 bridgehead atoms. The van der Waals surface area contributed by atoms with Crippen LogP contribution in [0.15, 0.2) is 24.5 Å². The monoisotopic (exact) mass is 267 g/mol. The standard InChI is InChI=1S/C11H10ClN3O3/c1-14-6-7(5-13-14)8-3-10(15(16)17)11(18-2)4-9(8)12/h3-6H,1-2H3. The van der Waals surface area contributed by atoms with Crippen LogP contribution in [0.3, 0.4) is 0 Å². The summed E-state index contributed by atoms with van der Waals surface area (Å²) in [5.74, 6) is 0.137. The van der Waals surface area contributed by atoms with Gasteiger partial charge in [-0.3, -0.25) is 14.8 Å². The quantitative estimate of drug-likeness (QED) is 0.633. The summed E-state index contributed by atoms with van der Waals surface area (Å²) < 4.78 is 6.54. The Bertz CT molecular complexity index is 610. The summed E-state index contributed by atoms with van der Waals surface area (Å²) in [6.07, 6.45) is 3.33. The average Bonchev–Trinajstić information content (AvgIpc) is 2.74. The molecule has 0 aliphatic rings. The van der Waals surface area contributed by atoms with Gasteiger partial charge in [0.05, 0.1) is 23.3 Å². The Morgan fingerprint density at radius 1 is 1.50 bits per heavy atom. The van der Waals surface area contributed by atoms with E-state index in [0.717, 1.165) is 0 Å². The van der Waals surface area contributed by atoms with Crippen molar-refractivity contribution < 1.29 is 9.66 Å². The van der Waals surface area contributed by atoms with E-state index in [1.165, 1.54) is 19.2 Å². The van der Waals surface area contributed by atoms with Gasteiger partial charge < -0.3 is 4.74 Å². The number of hydrogen-bond donors (Lipinski definition) is 0. The topological polar surface area (TPSA) is 70.2 Å². The van der Waals surface area contributed by atoms with E-state index in [9.17, 15) is 10.1 Å². The Morgan fingerprint density at radius 2 is 2.22 bits per heavy atom. The molecule has 1 aromatic carbocycles. The first-order chi connectivity index (χ1) is 8.52. The first-order valence-corrected chi connectivity index (χ1v) is 5.41. The zero-order valence-electron chi connectivity index (χ0n) is 9.75. The molecule has 7 heteroatoms. The van der Waals surface area contributed by atoms with Gasteiger partial charge in [-0.15, -0.1) is 0 Å². The van der Waals surface area contributed by atoms with Crippen LogP contribution in [0.25, 0.3) is 11.1 Å². The van der Waals surface area contributed by atoms with Crippen molar-refractivity contribution >= 4 is 17.3 Å². The van der Waals surface area contributed by atoms with Crippen molar-refractivity contribution in [2.45, 2.75) is 0 Å². The van der Waals surface area contributed by atoms with Gasteiger partial charge in [-0.25, -0.2) is 0 Å². The summed E-state index contributed by atoms with van der Waals surface area (Å²) in [5, 5.41) is 15.3. The van der Waals surface area contributed by atoms with Crippen LogP contribution in [0, 0.1) is 10.1 Å². The molecule has 0 N–H and O–H groups in total. The molecule has 94 valence electrons. The van der Waals surface area contributed by atoms with E-state index >= 15 is 0 Å². The fourth-order valence-electron chi connectivity index (χ4n) is 1.63. The van der Waals surface area contributed by atoms with E-state index in [-0.39, 0.29) is 11.4 Å². The van der Waals surface area contributed by atoms with Gasteiger partial charge >= 0.3 is 5.69 Å². The summed E-state index contributed by atoms with van der Waals surface area (Å²) in [5.41, 5.74) is 1.14. The van der Waals surface area contributed by atoms with Crippen molar-refractivity contribution in [1.82, 2.24) is 9.78 Å². The fourth-order valence-corrected chi connectivity index (χ4v) is 1.89. The van der Waals surface area contributed by atoms with E-state index in [4.69, 9.17) is 16.3 Å². The highest BCUT2D eigenvalue weighted by molar-refractivity contribution is 6.33. The maximum Gasteiger partial charge on any atom is 0.311 e. The predicted octanol–water partition coefficient (Wildman–Crippen LogP) is 2.66. The summed E-state index contributed by atoms with van der Waals surface area (Å²) in [6, 6.07) is 2.82. The molecule has 0 saturated heterocycles. The van der Waals surface area contributed by atoms with E-state index in [1.54, 1.807) is 24.1 Å². The Morgan fingerprint density at radius 3 is 2.72 bits per heavy atom. The number of nitro groups is 1. The molecule has 6 nitrogen and oxygen atoms in total. The van der Waals surface area contributed by atoms with Gasteiger partial charge in [0, 0.05) is 36.5 Å². The number of aryl methyl sites for hydroxylation is 1. The van der Waals surface area contributed by atoms with E-state index in [2.05, 4.69) is 5.10 Å². The van der Waals surface area contributed by atoms with Crippen molar-refractivity contribution in [2.75, 3.05) is 7.11 Å². The molecule has 0 spiro atoms. The van der Waals surface area contributed by atoms with Crippen molar-refractivity contribution in [3.8, 4) is 16.9 Å². The molecule has 0 radical (unpaired) electrons. The van der Waals surface area contributed by atoms with Gasteiger partial charge in [0.2, 0.25) is 0 Å². The van der Waals surface area contributed by atoms with Crippen LogP contribution in [0.1, 0.15) is 0 Å². The highest BCUT2D eigenvalue weighted by atomic mass is 35.5. The Balaban J connectivity index is 2.62. The third kappa shape index (κ3) is 2.14. The lowest BCUT2D eigenvalue weighted by molar-refractivity contribution is -0.385. The van der Waals surface area contributed by atoms with Crippen molar-refractivity contribution in [2.24, 2.45) is 7.05 Å². The summed E-state index contributed by atoms with van der Waals surface area (Å²) in [4.78, 5) is 10.4. The summed E-state index contributed by atoms with van der Waals surface area (Å²) >= 11 is 6.09. The number of hydrogen-bond acceptors (Lipinski definition) is 4. The number of nitro benzene ring substituents is 1. The first kappa shape index (κ1) is 12.4. The third-order valence-electron chi connectivity index (χ3n) is 2.48. The molecule has 1 heterocycles. The number of nitrogens with zero attached hydrogens (tertiary/aromatic N) is 3. The molecule has 0 aliphatic heterocycles. The van der Waals surface area contributed by atoms with Gasteiger partial charge in [-0.05, 0) is 0 Å². The lowest BCUT2D eigenvalue weighted by Gasteiger charge is -2.06. The molecule has 0 amide bonds. The summed E-state index contributed by atoms with van der Waals surface area (Å²) in [7, 11) is 3.12. The van der Waals surface area contributed by atoms with Crippen LogP contribution >= 0.6 is 11.6 Å². The Kier molecular flexibility index (Phi) is 3.20. The van der Waals surface area contributed by atoms with Crippen molar-refractivity contribution in [3.05, 3.63) is 39.7 Å². The van der Waals surface area contributed by atoms with Crippen LogP contribution in [0.4, 0.5) is 5.69 Å². The van der Waals surface area contributed by atoms with Gasteiger partial charge in [-0.2, -0.15) is 5.10 Å². The van der Waals surface area contributed by atoms with E-state index in [0.29, 0.717) is 16.1 Å². The number of ether oxygens (including phenoxy) is 1. The number of methoxy groups -OCH3 is 1.